The van der Waals surface area contributed by atoms with E-state index < -0.39 is 13.6 Å². The van der Waals surface area contributed by atoms with Crippen molar-refractivity contribution in [3.8, 4) is 0 Å². The fraction of sp³-hybridized carbons (Fsp3) is 0.500. The van der Waals surface area contributed by atoms with Gasteiger partial charge in [-0.2, -0.15) is 0 Å². The molecule has 6 heteroatoms. The maximum Gasteiger partial charge on any atom is 0.353 e. The molecule has 0 saturated carbocycles. The van der Waals surface area contributed by atoms with Crippen LogP contribution in [-0.2, 0) is 23.1 Å². The second kappa shape index (κ2) is 5.09. The molecule has 0 N–H and O–H groups in total. The molecule has 0 radical (unpaired) electrons. The average molecular weight is 194 g/mol. The van der Waals surface area contributed by atoms with Gasteiger partial charge in [0.15, 0.2) is 0 Å². The fourth-order valence-electron chi connectivity index (χ4n) is 0.416. The van der Waals surface area contributed by atoms with Crippen molar-refractivity contribution < 1.29 is 23.1 Å². The third-order valence-corrected chi connectivity index (χ3v) is 2.64. The minimum Gasteiger partial charge on any atom is -0.466 e. The Bertz CT molecular complexity index is 214. The predicted molar refractivity (Wildman–Crippen MR) is 42.8 cm³/mol. The molecule has 0 heterocycles. The molecule has 0 bridgehead atoms. The van der Waals surface area contributed by atoms with Crippen LogP contribution in [0.5, 0.6) is 0 Å². The topological polar surface area (TPSA) is 61.8 Å². The van der Waals surface area contributed by atoms with Crippen LogP contribution in [-0.4, -0.2) is 27.3 Å². The molecule has 0 fully saturated rings. The molecule has 0 saturated heterocycles. The first-order valence-corrected chi connectivity index (χ1v) is 4.67. The zero-order chi connectivity index (χ0) is 9.61. The highest BCUT2D eigenvalue weighted by Gasteiger charge is 2.16. The van der Waals surface area contributed by atoms with Crippen LogP contribution in [0, 0.1) is 0 Å². The summed E-state index contributed by atoms with van der Waals surface area (Å²) in [5, 5.41) is 0. The van der Waals surface area contributed by atoms with Crippen LogP contribution in [0.1, 0.15) is 0 Å². The highest BCUT2D eigenvalue weighted by atomic mass is 31.2. The molecular formula is C6H11O5P. The maximum absolute atomic E-state index is 11.2. The maximum atomic E-state index is 11.2. The largest absolute Gasteiger partial charge is 0.466 e. The first kappa shape index (κ1) is 11.4. The van der Waals surface area contributed by atoms with Crippen molar-refractivity contribution in [3.05, 3.63) is 11.9 Å². The first-order chi connectivity index (χ1) is 5.58. The van der Waals surface area contributed by atoms with E-state index in [0.717, 1.165) is 11.9 Å². The molecular weight excluding hydrogens is 183 g/mol. The molecule has 0 aliphatic heterocycles. The van der Waals surface area contributed by atoms with Crippen LogP contribution in [0.2, 0.25) is 0 Å². The van der Waals surface area contributed by atoms with Gasteiger partial charge in [0.1, 0.15) is 0 Å². The Labute approximate surface area is 70.8 Å². The van der Waals surface area contributed by atoms with Gasteiger partial charge in [-0.25, -0.2) is 4.79 Å². The summed E-state index contributed by atoms with van der Waals surface area (Å²) in [6.45, 7) is 0. The third-order valence-electron chi connectivity index (χ3n) is 1.10. The molecule has 0 aliphatic rings. The van der Waals surface area contributed by atoms with E-state index in [4.69, 9.17) is 0 Å². The van der Waals surface area contributed by atoms with E-state index in [1.54, 1.807) is 0 Å². The van der Waals surface area contributed by atoms with Gasteiger partial charge in [0, 0.05) is 26.1 Å². The lowest BCUT2D eigenvalue weighted by Crippen LogP contribution is -1.94. The minimum absolute atomic E-state index is 0.607. The summed E-state index contributed by atoms with van der Waals surface area (Å²) in [6.07, 6.45) is 0.994. The summed E-state index contributed by atoms with van der Waals surface area (Å²) >= 11 is 0. The van der Waals surface area contributed by atoms with Gasteiger partial charge in [0.2, 0.25) is 0 Å². The Balaban J connectivity index is 4.30. The van der Waals surface area contributed by atoms with E-state index in [1.807, 2.05) is 0 Å². The molecule has 0 aliphatic carbocycles. The van der Waals surface area contributed by atoms with Crippen LogP contribution < -0.4 is 0 Å². The van der Waals surface area contributed by atoms with E-state index in [2.05, 4.69) is 13.8 Å². The van der Waals surface area contributed by atoms with Crippen molar-refractivity contribution in [1.82, 2.24) is 0 Å². The molecule has 0 rings (SSSR count). The van der Waals surface area contributed by atoms with Crippen LogP contribution in [0.25, 0.3) is 0 Å². The molecule has 0 atom stereocenters. The van der Waals surface area contributed by atoms with Crippen molar-refractivity contribution in [2.75, 3.05) is 21.3 Å². The Morgan fingerprint density at radius 2 is 1.75 bits per heavy atom. The van der Waals surface area contributed by atoms with Gasteiger partial charge in [-0.15, -0.1) is 0 Å². The molecule has 0 aromatic rings. The van der Waals surface area contributed by atoms with Gasteiger partial charge in [0.05, 0.1) is 7.11 Å². The number of hydrogen-bond donors (Lipinski definition) is 0. The Morgan fingerprint density at radius 3 is 2.08 bits per heavy atom. The molecule has 0 amide bonds. The van der Waals surface area contributed by atoms with Crippen molar-refractivity contribution >= 4 is 13.6 Å². The van der Waals surface area contributed by atoms with Gasteiger partial charge < -0.3 is 13.8 Å². The Morgan fingerprint density at radius 1 is 1.25 bits per heavy atom. The van der Waals surface area contributed by atoms with Crippen molar-refractivity contribution in [3.63, 3.8) is 0 Å². The van der Waals surface area contributed by atoms with Gasteiger partial charge in [-0.05, 0) is 0 Å². The van der Waals surface area contributed by atoms with Gasteiger partial charge in [-0.1, -0.05) is 0 Å². The fourth-order valence-corrected chi connectivity index (χ4v) is 1.11. The van der Waals surface area contributed by atoms with Gasteiger partial charge in [0.25, 0.3) is 0 Å². The molecule has 12 heavy (non-hydrogen) atoms. The minimum atomic E-state index is -3.23. The van der Waals surface area contributed by atoms with Crippen LogP contribution in [0.15, 0.2) is 11.9 Å². The SMILES string of the molecule is COC(=O)/C=C/P(=O)(OC)OC. The Kier molecular flexibility index (Phi) is 4.81. The lowest BCUT2D eigenvalue weighted by atomic mass is 10.7. The predicted octanol–water partition coefficient (Wildman–Crippen LogP) is 1.16. The number of methoxy groups -OCH3 is 1. The van der Waals surface area contributed by atoms with Crippen LogP contribution >= 0.6 is 7.60 Å². The summed E-state index contributed by atoms with van der Waals surface area (Å²) in [5.74, 6) is 0.433. The molecule has 0 aromatic heterocycles. The zero-order valence-corrected chi connectivity index (χ0v) is 8.04. The van der Waals surface area contributed by atoms with Crippen LogP contribution in [0.3, 0.4) is 0 Å². The molecule has 5 nitrogen and oxygen atoms in total. The second-order valence-corrected chi connectivity index (χ2v) is 3.85. The first-order valence-electron chi connectivity index (χ1n) is 3.06. The van der Waals surface area contributed by atoms with Gasteiger partial charge in [-0.3, -0.25) is 4.57 Å². The molecule has 70 valence electrons. The van der Waals surface area contributed by atoms with E-state index in [-0.39, 0.29) is 0 Å². The number of esters is 1. The summed E-state index contributed by atoms with van der Waals surface area (Å²) in [4.78, 5) is 10.5. The summed E-state index contributed by atoms with van der Waals surface area (Å²) in [5.41, 5.74) is 0. The molecule has 0 spiro atoms. The van der Waals surface area contributed by atoms with Crippen molar-refractivity contribution in [1.29, 1.82) is 0 Å². The number of rotatable bonds is 4. The quantitative estimate of drug-likeness (QED) is 0.381. The monoisotopic (exact) mass is 194 g/mol. The second-order valence-electron chi connectivity index (χ2n) is 1.74. The number of hydrogen-bond acceptors (Lipinski definition) is 5. The highest BCUT2D eigenvalue weighted by molar-refractivity contribution is 7.57. The summed E-state index contributed by atoms with van der Waals surface area (Å²) < 4.78 is 24.5. The normalized spacial score (nSPS) is 11.9. The standard InChI is InChI=1S/C6H11O5P/c1-9-6(7)4-5-12(8,10-2)11-3/h4-5H,1-3H3/b5-4+. The lowest BCUT2D eigenvalue weighted by Gasteiger charge is -2.06. The smallest absolute Gasteiger partial charge is 0.353 e. The molecule has 0 aromatic carbocycles. The number of carbonyl (C=O) groups is 1. The van der Waals surface area contributed by atoms with E-state index >= 15 is 0 Å². The number of carbonyl (C=O) groups excluding carboxylic acids is 1. The van der Waals surface area contributed by atoms with Crippen molar-refractivity contribution in [2.45, 2.75) is 0 Å². The highest BCUT2D eigenvalue weighted by Crippen LogP contribution is 2.47. The van der Waals surface area contributed by atoms with E-state index in [9.17, 15) is 9.36 Å². The summed E-state index contributed by atoms with van der Waals surface area (Å²) in [7, 11) is 0.446. The Hall–Kier alpha value is -0.640. The van der Waals surface area contributed by atoms with E-state index in [0.29, 0.717) is 0 Å². The third kappa shape index (κ3) is 3.67. The summed E-state index contributed by atoms with van der Waals surface area (Å²) in [6, 6.07) is 0. The average Bonchev–Trinajstić information content (AvgIpc) is 2.13. The lowest BCUT2D eigenvalue weighted by molar-refractivity contribution is -0.134. The van der Waals surface area contributed by atoms with Crippen LogP contribution in [0.4, 0.5) is 0 Å². The molecule has 0 unspecified atom stereocenters. The van der Waals surface area contributed by atoms with E-state index in [1.165, 1.54) is 21.3 Å². The number of ether oxygens (including phenoxy) is 1. The van der Waals surface area contributed by atoms with Gasteiger partial charge >= 0.3 is 13.6 Å². The van der Waals surface area contributed by atoms with Crippen molar-refractivity contribution in [2.24, 2.45) is 0 Å². The zero-order valence-electron chi connectivity index (χ0n) is 7.14.